The van der Waals surface area contributed by atoms with E-state index in [-0.39, 0.29) is 5.56 Å². The largest absolute Gasteiger partial charge is 0.355 e. The highest BCUT2D eigenvalue weighted by molar-refractivity contribution is 5.43. The molecule has 0 spiro atoms. The van der Waals surface area contributed by atoms with E-state index in [4.69, 9.17) is 5.10 Å². The monoisotopic (exact) mass is 351 g/mol. The number of fused-ring (bicyclic) bond motifs is 2. The molecule has 1 fully saturated rings. The molecule has 0 unspecified atom stereocenters. The highest BCUT2D eigenvalue weighted by Gasteiger charge is 2.27. The van der Waals surface area contributed by atoms with Gasteiger partial charge in [0.05, 0.1) is 5.69 Å². The molecule has 1 aliphatic heterocycles. The Kier molecular flexibility index (Phi) is 3.51. The predicted octanol–water partition coefficient (Wildman–Crippen LogP) is 1.09. The third kappa shape index (κ3) is 2.48. The summed E-state index contributed by atoms with van der Waals surface area (Å²) in [4.78, 5) is 13.8. The molecule has 0 radical (unpaired) electrons. The van der Waals surface area contributed by atoms with Crippen LogP contribution in [0.4, 0.5) is 5.82 Å². The molecule has 0 N–H and O–H groups in total. The maximum Gasteiger partial charge on any atom is 0.266 e. The molecular weight excluding hydrogens is 330 g/mol. The van der Waals surface area contributed by atoms with Crippen molar-refractivity contribution in [2.24, 2.45) is 7.05 Å². The van der Waals surface area contributed by atoms with Crippen molar-refractivity contribution in [1.29, 1.82) is 0 Å². The minimum absolute atomic E-state index is 0.0860. The van der Waals surface area contributed by atoms with Crippen LogP contribution in [0.25, 0.3) is 5.65 Å². The van der Waals surface area contributed by atoms with Crippen molar-refractivity contribution in [1.82, 2.24) is 29.6 Å². The summed E-state index contributed by atoms with van der Waals surface area (Å²) in [7, 11) is 1.69. The zero-order chi connectivity index (χ0) is 17.7. The molecule has 5 rings (SSSR count). The van der Waals surface area contributed by atoms with E-state index < -0.39 is 0 Å². The Bertz CT molecular complexity index is 1030. The molecule has 8 nitrogen and oxygen atoms in total. The van der Waals surface area contributed by atoms with E-state index in [2.05, 4.69) is 26.3 Å². The van der Waals surface area contributed by atoms with E-state index in [1.54, 1.807) is 19.2 Å². The van der Waals surface area contributed by atoms with Crippen LogP contribution in [-0.4, -0.2) is 42.7 Å². The molecule has 134 valence electrons. The van der Waals surface area contributed by atoms with E-state index in [1.165, 1.54) is 22.4 Å². The Labute approximate surface area is 150 Å². The number of piperidine rings is 1. The smallest absolute Gasteiger partial charge is 0.266 e. The van der Waals surface area contributed by atoms with Gasteiger partial charge in [-0.3, -0.25) is 4.79 Å². The molecule has 26 heavy (non-hydrogen) atoms. The van der Waals surface area contributed by atoms with Crippen LogP contribution in [0, 0.1) is 0 Å². The standard InChI is InChI=1S/C18H21N7O/c1-23-17(26)6-5-15(22-23)24-9-7-12(8-10-24)18-20-19-16-11-13-3-2-4-14(13)21-25(16)18/h5-6,11-12H,2-4,7-10H2,1H3. The number of hydrogen-bond donors (Lipinski definition) is 0. The lowest BCUT2D eigenvalue weighted by Gasteiger charge is -2.31. The summed E-state index contributed by atoms with van der Waals surface area (Å²) in [6, 6.07) is 5.53. The van der Waals surface area contributed by atoms with E-state index in [1.807, 2.05) is 4.52 Å². The van der Waals surface area contributed by atoms with Crippen molar-refractivity contribution in [3.63, 3.8) is 0 Å². The van der Waals surface area contributed by atoms with Crippen LogP contribution in [0.2, 0.25) is 0 Å². The summed E-state index contributed by atoms with van der Waals surface area (Å²) in [6.07, 6.45) is 5.29. The average Bonchev–Trinajstić information content (AvgIpc) is 3.28. The van der Waals surface area contributed by atoms with E-state index in [9.17, 15) is 4.79 Å². The van der Waals surface area contributed by atoms with Crippen molar-refractivity contribution < 1.29 is 0 Å². The second kappa shape index (κ2) is 5.89. The molecule has 0 bridgehead atoms. The maximum atomic E-state index is 11.5. The molecule has 1 aliphatic carbocycles. The number of rotatable bonds is 2. The minimum atomic E-state index is -0.0860. The van der Waals surface area contributed by atoms with Crippen LogP contribution >= 0.6 is 0 Å². The van der Waals surface area contributed by atoms with Gasteiger partial charge >= 0.3 is 0 Å². The first-order chi connectivity index (χ1) is 12.7. The van der Waals surface area contributed by atoms with Crippen LogP contribution in [0.1, 0.15) is 42.3 Å². The van der Waals surface area contributed by atoms with Gasteiger partial charge in [-0.25, -0.2) is 4.68 Å². The highest BCUT2D eigenvalue weighted by Crippen LogP contribution is 2.29. The van der Waals surface area contributed by atoms with Crippen LogP contribution in [0.15, 0.2) is 23.0 Å². The Morgan fingerprint density at radius 2 is 1.92 bits per heavy atom. The zero-order valence-electron chi connectivity index (χ0n) is 14.8. The predicted molar refractivity (Wildman–Crippen MR) is 96.5 cm³/mol. The third-order valence-electron chi connectivity index (χ3n) is 5.57. The first-order valence-corrected chi connectivity index (χ1v) is 9.22. The molecule has 0 atom stereocenters. The van der Waals surface area contributed by atoms with Gasteiger partial charge in [0, 0.05) is 32.1 Å². The molecular formula is C18H21N7O. The summed E-state index contributed by atoms with van der Waals surface area (Å²) in [5, 5.41) is 18.0. The van der Waals surface area contributed by atoms with Gasteiger partial charge in [0.1, 0.15) is 5.82 Å². The van der Waals surface area contributed by atoms with Gasteiger partial charge in [0.15, 0.2) is 11.5 Å². The Balaban J connectivity index is 1.37. The van der Waals surface area contributed by atoms with Crippen molar-refractivity contribution >= 4 is 11.5 Å². The molecule has 1 saturated heterocycles. The number of hydrogen-bond acceptors (Lipinski definition) is 6. The summed E-state index contributed by atoms with van der Waals surface area (Å²) in [5.74, 6) is 2.18. The van der Waals surface area contributed by atoms with Crippen molar-refractivity contribution in [3.05, 3.63) is 45.6 Å². The van der Waals surface area contributed by atoms with E-state index >= 15 is 0 Å². The van der Waals surface area contributed by atoms with Gasteiger partial charge in [-0.15, -0.1) is 10.2 Å². The fraction of sp³-hybridized carbons (Fsp3) is 0.500. The Morgan fingerprint density at radius 1 is 1.08 bits per heavy atom. The number of nitrogens with zero attached hydrogens (tertiary/aromatic N) is 7. The number of anilines is 1. The van der Waals surface area contributed by atoms with Gasteiger partial charge in [-0.2, -0.15) is 14.7 Å². The zero-order valence-corrected chi connectivity index (χ0v) is 14.8. The second-order valence-corrected chi connectivity index (χ2v) is 7.21. The van der Waals surface area contributed by atoms with Crippen molar-refractivity contribution in [2.45, 2.75) is 38.0 Å². The van der Waals surface area contributed by atoms with E-state index in [0.29, 0.717) is 5.92 Å². The average molecular weight is 351 g/mol. The van der Waals surface area contributed by atoms with Crippen molar-refractivity contribution in [3.8, 4) is 0 Å². The topological polar surface area (TPSA) is 81.2 Å². The Hall–Kier alpha value is -2.77. The fourth-order valence-corrected chi connectivity index (χ4v) is 4.07. The summed E-state index contributed by atoms with van der Waals surface area (Å²) in [6.45, 7) is 1.77. The summed E-state index contributed by atoms with van der Waals surface area (Å²) < 4.78 is 3.34. The number of aryl methyl sites for hydroxylation is 3. The van der Waals surface area contributed by atoms with Gasteiger partial charge in [-0.05, 0) is 49.8 Å². The molecule has 0 aromatic carbocycles. The van der Waals surface area contributed by atoms with Gasteiger partial charge in [0.25, 0.3) is 5.56 Å². The van der Waals surface area contributed by atoms with Crippen LogP contribution in [-0.2, 0) is 19.9 Å². The van der Waals surface area contributed by atoms with Gasteiger partial charge < -0.3 is 4.90 Å². The first kappa shape index (κ1) is 15.5. The minimum Gasteiger partial charge on any atom is -0.355 e. The summed E-state index contributed by atoms with van der Waals surface area (Å²) >= 11 is 0. The fourth-order valence-electron chi connectivity index (χ4n) is 4.07. The molecule has 0 saturated carbocycles. The van der Waals surface area contributed by atoms with E-state index in [0.717, 1.165) is 56.1 Å². The van der Waals surface area contributed by atoms with Gasteiger partial charge in [-0.1, -0.05) is 0 Å². The Morgan fingerprint density at radius 3 is 2.73 bits per heavy atom. The summed E-state index contributed by atoms with van der Waals surface area (Å²) in [5.41, 5.74) is 3.30. The molecule has 3 aromatic heterocycles. The van der Waals surface area contributed by atoms with Crippen LogP contribution in [0.3, 0.4) is 0 Å². The third-order valence-corrected chi connectivity index (χ3v) is 5.57. The molecule has 3 aromatic rings. The first-order valence-electron chi connectivity index (χ1n) is 9.22. The maximum absolute atomic E-state index is 11.5. The second-order valence-electron chi connectivity index (χ2n) is 7.21. The SMILES string of the molecule is Cn1nc(N2CCC(c3nnc4cc5c(nn34)CCC5)CC2)ccc1=O. The normalized spacial score (nSPS) is 17.8. The molecule has 8 heteroatoms. The quantitative estimate of drug-likeness (QED) is 0.687. The highest BCUT2D eigenvalue weighted by atomic mass is 16.1. The van der Waals surface area contributed by atoms with Crippen LogP contribution in [0.5, 0.6) is 0 Å². The lowest BCUT2D eigenvalue weighted by Crippen LogP contribution is -2.35. The lowest BCUT2D eigenvalue weighted by molar-refractivity contribution is 0.471. The lowest BCUT2D eigenvalue weighted by atomic mass is 9.96. The van der Waals surface area contributed by atoms with Crippen molar-refractivity contribution in [2.75, 3.05) is 18.0 Å². The van der Waals surface area contributed by atoms with Gasteiger partial charge in [0.2, 0.25) is 0 Å². The molecule has 4 heterocycles. The van der Waals surface area contributed by atoms with Crippen LogP contribution < -0.4 is 10.5 Å². The number of aromatic nitrogens is 6. The molecule has 0 amide bonds. The molecule has 2 aliphatic rings.